The van der Waals surface area contributed by atoms with Crippen LogP contribution in [0.2, 0.25) is 26.2 Å². The summed E-state index contributed by atoms with van der Waals surface area (Å²) < 4.78 is 1.45. The van der Waals surface area contributed by atoms with E-state index in [4.69, 9.17) is 70.6 Å². The maximum absolute atomic E-state index is 9.22. The molecule has 3 aromatic rings. The fourth-order valence-electron chi connectivity index (χ4n) is 3.96. The van der Waals surface area contributed by atoms with Crippen LogP contribution in [-0.4, -0.2) is 101 Å². The standard InChI is InChI=1S/C15H8B9N5.C2H5NO/c16-11(12(17,18)14(21,22)15(23,24)13(11,19)20)5-29-4-7(3-28-29)9-8-1-2-25-10(8)27-6-26-9;1-2(3)4/h1-4,6H,5H2,(H,25,26,27);1H3,(H2,3,4). The molecule has 3 N–H and O–H groups in total. The molecule has 1 saturated carbocycles. The van der Waals surface area contributed by atoms with Crippen LogP contribution < -0.4 is 5.73 Å². The number of carbonyl (C=O) groups is 1. The van der Waals surface area contributed by atoms with E-state index in [1.807, 2.05) is 6.07 Å². The van der Waals surface area contributed by atoms with Crippen molar-refractivity contribution in [3.05, 3.63) is 31.0 Å². The summed E-state index contributed by atoms with van der Waals surface area (Å²) in [6, 6.07) is 1.85. The topological polar surface area (TPSA) is 102 Å². The van der Waals surface area contributed by atoms with E-state index < -0.39 is 26.2 Å². The average molecular weight is 415 g/mol. The Hall–Kier alpha value is -2.12. The van der Waals surface area contributed by atoms with E-state index in [-0.39, 0.29) is 12.5 Å². The highest BCUT2D eigenvalue weighted by Gasteiger charge is 2.69. The number of H-pyrrole nitrogens is 1. The molecule has 3 heterocycles. The number of hydrogen-bond acceptors (Lipinski definition) is 4. The van der Waals surface area contributed by atoms with Gasteiger partial charge in [-0.2, -0.15) is 5.10 Å². The van der Waals surface area contributed by atoms with Crippen molar-refractivity contribution in [2.24, 2.45) is 5.73 Å². The third-order valence-corrected chi connectivity index (χ3v) is 6.20. The number of hydrogen-bond donors (Lipinski definition) is 2. The van der Waals surface area contributed by atoms with Gasteiger partial charge in [-0.15, -0.1) is 20.9 Å². The molecule has 33 heavy (non-hydrogen) atoms. The molecule has 16 heteroatoms. The number of carbonyl (C=O) groups excluding carboxylic acids is 1. The molecule has 1 amide bonds. The number of rotatable bonds is 3. The van der Waals surface area contributed by atoms with Gasteiger partial charge < -0.3 is 10.7 Å². The van der Waals surface area contributed by atoms with Gasteiger partial charge in [-0.3, -0.25) is 9.48 Å². The Morgan fingerprint density at radius 1 is 1.00 bits per heavy atom. The van der Waals surface area contributed by atoms with Crippen LogP contribution in [0.25, 0.3) is 22.3 Å². The molecule has 1 fully saturated rings. The monoisotopic (exact) mass is 416 g/mol. The number of aromatic nitrogens is 5. The molecule has 0 spiro atoms. The molecule has 18 radical (unpaired) electrons. The first-order chi connectivity index (χ1) is 15.0. The van der Waals surface area contributed by atoms with Crippen molar-refractivity contribution in [1.29, 1.82) is 0 Å². The molecule has 4 rings (SSSR count). The minimum atomic E-state index is -2.09. The maximum Gasteiger partial charge on any atom is 0.214 e. The van der Waals surface area contributed by atoms with Gasteiger partial charge in [-0.25, -0.2) is 9.97 Å². The zero-order valence-electron chi connectivity index (χ0n) is 18.1. The molecular formula is C17H13B9N6O. The van der Waals surface area contributed by atoms with Gasteiger partial charge >= 0.3 is 0 Å². The number of amides is 1. The van der Waals surface area contributed by atoms with Gasteiger partial charge in [0.2, 0.25) is 5.91 Å². The van der Waals surface area contributed by atoms with Crippen LogP contribution in [-0.2, 0) is 11.3 Å². The molecule has 1 aliphatic carbocycles. The summed E-state index contributed by atoms with van der Waals surface area (Å²) in [5, 5.41) is -4.96. The van der Waals surface area contributed by atoms with Gasteiger partial charge in [0.1, 0.15) is 12.0 Å². The third-order valence-electron chi connectivity index (χ3n) is 6.20. The Morgan fingerprint density at radius 3 is 2.09 bits per heavy atom. The van der Waals surface area contributed by atoms with Crippen molar-refractivity contribution < 1.29 is 4.79 Å². The summed E-state index contributed by atoms with van der Waals surface area (Å²) in [5.74, 6) is -0.333. The maximum atomic E-state index is 9.22. The zero-order chi connectivity index (χ0) is 25.0. The van der Waals surface area contributed by atoms with E-state index in [2.05, 4.69) is 25.8 Å². The lowest BCUT2D eigenvalue weighted by Gasteiger charge is -2.53. The highest BCUT2D eigenvalue weighted by atomic mass is 16.1. The number of nitrogens with two attached hydrogens (primary N) is 1. The zero-order valence-corrected chi connectivity index (χ0v) is 18.1. The van der Waals surface area contributed by atoms with Crippen molar-refractivity contribution in [3.8, 4) is 11.3 Å². The SMILES string of the molecule is CC(N)=O.[B]C1([B])C([B])([B])C([B])([B])C([B])(Cn2cc(-c3ncnc4[nH]ccc34)cn2)C1([B])[B]. The molecule has 1 aliphatic rings. The Kier molecular flexibility index (Phi) is 6.17. The molecule has 7 nitrogen and oxygen atoms in total. The highest BCUT2D eigenvalue weighted by molar-refractivity contribution is 6.71. The van der Waals surface area contributed by atoms with Gasteiger partial charge in [0.05, 0.1) is 82.5 Å². The molecule has 144 valence electrons. The summed E-state index contributed by atoms with van der Waals surface area (Å²) >= 11 is 0. The lowest BCUT2D eigenvalue weighted by atomic mass is 9.17. The van der Waals surface area contributed by atoms with E-state index in [9.17, 15) is 4.79 Å². The van der Waals surface area contributed by atoms with Gasteiger partial charge in [0.25, 0.3) is 0 Å². The Morgan fingerprint density at radius 2 is 1.55 bits per heavy atom. The Labute approximate surface area is 204 Å². The largest absolute Gasteiger partial charge is 0.370 e. The molecule has 0 unspecified atom stereocenters. The Balaban J connectivity index is 0.000000709. The van der Waals surface area contributed by atoms with Gasteiger partial charge in [0, 0.05) is 36.8 Å². The summed E-state index contributed by atoms with van der Waals surface area (Å²) in [6.07, 6.45) is 6.47. The van der Waals surface area contributed by atoms with Gasteiger partial charge in [-0.05, 0) is 6.07 Å². The van der Waals surface area contributed by atoms with Crippen LogP contribution in [0.1, 0.15) is 6.92 Å². The number of aromatic amines is 1. The third kappa shape index (κ3) is 3.55. The first-order valence-electron chi connectivity index (χ1n) is 9.68. The second-order valence-electron chi connectivity index (χ2n) is 8.45. The molecule has 0 aromatic carbocycles. The lowest BCUT2D eigenvalue weighted by Crippen LogP contribution is -2.42. The number of primary amides is 1. The highest BCUT2D eigenvalue weighted by Crippen LogP contribution is 2.86. The van der Waals surface area contributed by atoms with Gasteiger partial charge in [0.15, 0.2) is 0 Å². The molecule has 0 aliphatic heterocycles. The molecule has 0 bridgehead atoms. The van der Waals surface area contributed by atoms with Crippen LogP contribution in [0.15, 0.2) is 31.0 Å². The Bertz CT molecular complexity index is 1160. The van der Waals surface area contributed by atoms with Crippen molar-refractivity contribution >= 4 is 87.6 Å². The van der Waals surface area contributed by atoms with E-state index in [0.29, 0.717) is 16.9 Å². The van der Waals surface area contributed by atoms with E-state index in [1.54, 1.807) is 18.6 Å². The molecular weight excluding hydrogens is 402 g/mol. The van der Waals surface area contributed by atoms with Crippen LogP contribution in [0.4, 0.5) is 0 Å². The predicted molar refractivity (Wildman–Crippen MR) is 135 cm³/mol. The number of nitrogens with one attached hydrogen (secondary N) is 1. The van der Waals surface area contributed by atoms with Crippen molar-refractivity contribution in [1.82, 2.24) is 24.7 Å². The molecule has 3 aromatic heterocycles. The minimum absolute atomic E-state index is 0.166. The van der Waals surface area contributed by atoms with Crippen molar-refractivity contribution in [2.75, 3.05) is 0 Å². The van der Waals surface area contributed by atoms with E-state index >= 15 is 0 Å². The van der Waals surface area contributed by atoms with Crippen LogP contribution in [0.5, 0.6) is 0 Å². The minimum Gasteiger partial charge on any atom is -0.370 e. The van der Waals surface area contributed by atoms with Crippen molar-refractivity contribution in [3.63, 3.8) is 0 Å². The smallest absolute Gasteiger partial charge is 0.214 e. The summed E-state index contributed by atoms with van der Waals surface area (Å²) in [4.78, 5) is 20.7. The first-order valence-corrected chi connectivity index (χ1v) is 9.68. The molecule has 0 saturated heterocycles. The normalized spacial score (nSPS) is 21.1. The first kappa shape index (κ1) is 25.5. The van der Waals surface area contributed by atoms with Crippen LogP contribution >= 0.6 is 0 Å². The fourth-order valence-corrected chi connectivity index (χ4v) is 3.96. The predicted octanol–water partition coefficient (Wildman–Crippen LogP) is -1.53. The second-order valence-corrected chi connectivity index (χ2v) is 8.45. The quantitative estimate of drug-likeness (QED) is 0.508. The van der Waals surface area contributed by atoms with E-state index in [0.717, 1.165) is 5.39 Å². The lowest BCUT2D eigenvalue weighted by molar-refractivity contribution is -0.115. The van der Waals surface area contributed by atoms with Crippen LogP contribution in [0.3, 0.4) is 0 Å². The van der Waals surface area contributed by atoms with Gasteiger partial charge in [-0.1, -0.05) is 5.31 Å². The average Bonchev–Trinajstić information content (AvgIpc) is 3.36. The summed E-state index contributed by atoms with van der Waals surface area (Å²) in [5.41, 5.74) is 6.51. The second kappa shape index (κ2) is 7.98. The van der Waals surface area contributed by atoms with Crippen molar-refractivity contribution in [2.45, 2.75) is 39.6 Å². The fraction of sp³-hybridized carbons (Fsp3) is 0.412. The summed E-state index contributed by atoms with van der Waals surface area (Å²) in [7, 11) is 55.7. The molecule has 0 atom stereocenters. The van der Waals surface area contributed by atoms with Crippen LogP contribution in [0, 0.1) is 0 Å². The van der Waals surface area contributed by atoms with E-state index in [1.165, 1.54) is 17.9 Å². The number of fused-ring (bicyclic) bond motifs is 1. The number of nitrogens with zero attached hydrogens (tertiary/aromatic N) is 4. The summed E-state index contributed by atoms with van der Waals surface area (Å²) in [6.45, 7) is 1.14.